The van der Waals surface area contributed by atoms with Crippen LogP contribution < -0.4 is 5.32 Å². The van der Waals surface area contributed by atoms with Gasteiger partial charge in [0.25, 0.3) is 0 Å². The number of nitrogens with one attached hydrogen (secondary N) is 1. The summed E-state index contributed by atoms with van der Waals surface area (Å²) in [6.45, 7) is 2.39. The fourth-order valence-electron chi connectivity index (χ4n) is 1.94. The maximum atomic E-state index is 13.8. The topological polar surface area (TPSA) is 24.9 Å². The van der Waals surface area contributed by atoms with Crippen molar-refractivity contribution in [1.29, 1.82) is 0 Å². The third kappa shape index (κ3) is 3.33. The average molecular weight is 286 g/mol. The molecule has 1 atom stereocenters. The number of nitrogens with zero attached hydrogens (tertiary/aromatic N) is 1. The van der Waals surface area contributed by atoms with Crippen molar-refractivity contribution in [2.75, 3.05) is 6.54 Å². The molecule has 19 heavy (non-hydrogen) atoms. The van der Waals surface area contributed by atoms with E-state index in [4.69, 9.17) is 0 Å². The standard InChI is InChI=1S/C13H13F3N2S/c1-2-17-11(7-12-18-3-4-19-12)13-9(15)5-8(14)6-10(13)16/h3-6,11,17H,2,7H2,1H3. The molecule has 0 fully saturated rings. The number of thiazole rings is 1. The summed E-state index contributed by atoms with van der Waals surface area (Å²) in [4.78, 5) is 4.10. The molecule has 1 aromatic carbocycles. The quantitative estimate of drug-likeness (QED) is 0.910. The van der Waals surface area contributed by atoms with Crippen molar-refractivity contribution in [2.24, 2.45) is 0 Å². The Morgan fingerprint density at radius 3 is 2.47 bits per heavy atom. The highest BCUT2D eigenvalue weighted by Crippen LogP contribution is 2.25. The van der Waals surface area contributed by atoms with Crippen LogP contribution in [-0.2, 0) is 6.42 Å². The van der Waals surface area contributed by atoms with Gasteiger partial charge in [0.05, 0.1) is 5.01 Å². The van der Waals surface area contributed by atoms with Crippen molar-refractivity contribution in [3.8, 4) is 0 Å². The molecule has 0 amide bonds. The summed E-state index contributed by atoms with van der Waals surface area (Å²) in [5.41, 5.74) is -0.140. The summed E-state index contributed by atoms with van der Waals surface area (Å²) in [6, 6.07) is 0.839. The molecule has 0 bridgehead atoms. The summed E-state index contributed by atoms with van der Waals surface area (Å²) in [7, 11) is 0. The maximum Gasteiger partial charge on any atom is 0.133 e. The molecule has 2 aromatic rings. The first-order valence-electron chi connectivity index (χ1n) is 5.88. The third-order valence-electron chi connectivity index (χ3n) is 2.71. The average Bonchev–Trinajstić information content (AvgIpc) is 2.80. The minimum Gasteiger partial charge on any atom is -0.310 e. The Balaban J connectivity index is 2.33. The molecule has 0 aliphatic heterocycles. The maximum absolute atomic E-state index is 13.8. The van der Waals surface area contributed by atoms with E-state index in [1.165, 1.54) is 11.3 Å². The third-order valence-corrected chi connectivity index (χ3v) is 3.51. The molecule has 0 saturated carbocycles. The van der Waals surface area contributed by atoms with Crippen LogP contribution >= 0.6 is 11.3 Å². The first-order valence-corrected chi connectivity index (χ1v) is 6.76. The molecule has 102 valence electrons. The van der Waals surface area contributed by atoms with Crippen molar-refractivity contribution < 1.29 is 13.2 Å². The predicted octanol–water partition coefficient (Wildman–Crippen LogP) is 3.45. The summed E-state index contributed by atoms with van der Waals surface area (Å²) in [6.07, 6.45) is 2.01. The summed E-state index contributed by atoms with van der Waals surface area (Å²) < 4.78 is 40.5. The largest absolute Gasteiger partial charge is 0.310 e. The molecule has 1 aromatic heterocycles. The zero-order valence-electron chi connectivity index (χ0n) is 10.3. The number of rotatable bonds is 5. The van der Waals surface area contributed by atoms with E-state index >= 15 is 0 Å². The fourth-order valence-corrected chi connectivity index (χ4v) is 2.60. The molecule has 1 N–H and O–H groups in total. The van der Waals surface area contributed by atoms with Gasteiger partial charge in [-0.1, -0.05) is 6.92 Å². The molecule has 0 aliphatic carbocycles. The molecule has 0 saturated heterocycles. The van der Waals surface area contributed by atoms with Gasteiger partial charge in [-0.15, -0.1) is 11.3 Å². The van der Waals surface area contributed by atoms with Crippen molar-refractivity contribution in [1.82, 2.24) is 10.3 Å². The molecule has 0 spiro atoms. The summed E-state index contributed by atoms with van der Waals surface area (Å²) in [5, 5.41) is 5.58. The predicted molar refractivity (Wildman–Crippen MR) is 68.6 cm³/mol. The number of aromatic nitrogens is 1. The van der Waals surface area contributed by atoms with E-state index in [1.807, 2.05) is 6.92 Å². The second-order valence-corrected chi connectivity index (χ2v) is 5.00. The van der Waals surface area contributed by atoms with Gasteiger partial charge in [-0.2, -0.15) is 0 Å². The number of halogens is 3. The van der Waals surface area contributed by atoms with E-state index < -0.39 is 23.5 Å². The Morgan fingerprint density at radius 1 is 1.26 bits per heavy atom. The molecule has 0 radical (unpaired) electrons. The fraction of sp³-hybridized carbons (Fsp3) is 0.308. The van der Waals surface area contributed by atoms with Crippen LogP contribution in [0.3, 0.4) is 0 Å². The Morgan fingerprint density at radius 2 is 1.95 bits per heavy atom. The minimum absolute atomic E-state index is 0.140. The number of likely N-dealkylation sites (N-methyl/N-ethyl adjacent to an activating group) is 1. The first kappa shape index (κ1) is 14.0. The Kier molecular flexibility index (Phi) is 4.55. The van der Waals surface area contributed by atoms with Crippen molar-refractivity contribution in [2.45, 2.75) is 19.4 Å². The van der Waals surface area contributed by atoms with Crippen LogP contribution in [0.15, 0.2) is 23.7 Å². The normalized spacial score (nSPS) is 12.6. The Labute approximate surface area is 113 Å². The molecule has 6 heteroatoms. The van der Waals surface area contributed by atoms with Gasteiger partial charge < -0.3 is 5.32 Å². The van der Waals surface area contributed by atoms with Crippen LogP contribution in [0, 0.1) is 17.5 Å². The van der Waals surface area contributed by atoms with Crippen molar-refractivity contribution in [3.63, 3.8) is 0 Å². The molecular weight excluding hydrogens is 273 g/mol. The second-order valence-electron chi connectivity index (χ2n) is 4.02. The molecular formula is C13H13F3N2S. The van der Waals surface area contributed by atoms with Gasteiger partial charge in [0.2, 0.25) is 0 Å². The molecule has 1 heterocycles. The van der Waals surface area contributed by atoms with Gasteiger partial charge in [0.1, 0.15) is 17.5 Å². The Hall–Kier alpha value is -1.40. The molecule has 2 nitrogen and oxygen atoms in total. The number of hydrogen-bond acceptors (Lipinski definition) is 3. The van der Waals surface area contributed by atoms with Gasteiger partial charge in [-0.05, 0) is 6.54 Å². The lowest BCUT2D eigenvalue weighted by molar-refractivity contribution is 0.461. The van der Waals surface area contributed by atoms with E-state index in [-0.39, 0.29) is 5.56 Å². The smallest absolute Gasteiger partial charge is 0.133 e. The van der Waals surface area contributed by atoms with Crippen molar-refractivity contribution >= 4 is 11.3 Å². The van der Waals surface area contributed by atoms with E-state index in [2.05, 4.69) is 10.3 Å². The van der Waals surface area contributed by atoms with Gasteiger partial charge >= 0.3 is 0 Å². The highest BCUT2D eigenvalue weighted by atomic mass is 32.1. The van der Waals surface area contributed by atoms with Gasteiger partial charge in [-0.3, -0.25) is 0 Å². The van der Waals surface area contributed by atoms with Gasteiger partial charge in [0.15, 0.2) is 0 Å². The lowest BCUT2D eigenvalue weighted by Gasteiger charge is -2.18. The monoisotopic (exact) mass is 286 g/mol. The highest BCUT2D eigenvalue weighted by molar-refractivity contribution is 7.09. The van der Waals surface area contributed by atoms with Gasteiger partial charge in [0, 0.05) is 41.7 Å². The lowest BCUT2D eigenvalue weighted by Crippen LogP contribution is -2.25. The lowest BCUT2D eigenvalue weighted by atomic mass is 10.0. The van der Waals surface area contributed by atoms with Crippen LogP contribution in [0.4, 0.5) is 13.2 Å². The Bertz CT molecular complexity index is 520. The summed E-state index contributed by atoms with van der Waals surface area (Å²) >= 11 is 1.42. The molecule has 0 aliphatic rings. The zero-order chi connectivity index (χ0) is 13.8. The van der Waals surface area contributed by atoms with E-state index in [9.17, 15) is 13.2 Å². The van der Waals surface area contributed by atoms with E-state index in [0.29, 0.717) is 25.1 Å². The van der Waals surface area contributed by atoms with Crippen LogP contribution in [0.2, 0.25) is 0 Å². The second kappa shape index (κ2) is 6.16. The zero-order valence-corrected chi connectivity index (χ0v) is 11.1. The van der Waals surface area contributed by atoms with Gasteiger partial charge in [-0.25, -0.2) is 18.2 Å². The van der Waals surface area contributed by atoms with Crippen LogP contribution in [0.25, 0.3) is 0 Å². The number of hydrogen-bond donors (Lipinski definition) is 1. The summed E-state index contributed by atoms with van der Waals surface area (Å²) in [5.74, 6) is -2.66. The van der Waals surface area contributed by atoms with Crippen LogP contribution in [0.1, 0.15) is 23.5 Å². The molecule has 1 unspecified atom stereocenters. The SMILES string of the molecule is CCNC(Cc1nccs1)c1c(F)cc(F)cc1F. The number of benzene rings is 1. The minimum atomic E-state index is -0.914. The molecule has 2 rings (SSSR count). The van der Waals surface area contributed by atoms with Crippen LogP contribution in [-0.4, -0.2) is 11.5 Å². The highest BCUT2D eigenvalue weighted by Gasteiger charge is 2.21. The first-order chi connectivity index (χ1) is 9.11. The van der Waals surface area contributed by atoms with E-state index in [1.54, 1.807) is 11.6 Å². The van der Waals surface area contributed by atoms with E-state index in [0.717, 1.165) is 5.01 Å². The van der Waals surface area contributed by atoms with Crippen molar-refractivity contribution in [3.05, 3.63) is 51.7 Å². The van der Waals surface area contributed by atoms with Crippen LogP contribution in [0.5, 0.6) is 0 Å².